The minimum absolute atomic E-state index is 0.0957. The molecule has 29 heavy (non-hydrogen) atoms. The number of halogens is 4. The molecule has 0 saturated carbocycles. The number of anilines is 1. The van der Waals surface area contributed by atoms with E-state index in [9.17, 15) is 18.0 Å². The minimum Gasteiger partial charge on any atom is -0.379 e. The number of nitrogens with zero attached hydrogens (tertiary/aromatic N) is 3. The zero-order valence-corrected chi connectivity index (χ0v) is 18.3. The Labute approximate surface area is 180 Å². The van der Waals surface area contributed by atoms with Gasteiger partial charge >= 0.3 is 6.18 Å². The molecular weight excluding hydrogens is 500 g/mol. The molecule has 1 N–H and O–H groups in total. The van der Waals surface area contributed by atoms with Crippen molar-refractivity contribution in [1.29, 1.82) is 0 Å². The summed E-state index contributed by atoms with van der Waals surface area (Å²) in [5.74, 6) is -0.256. The summed E-state index contributed by atoms with van der Waals surface area (Å²) >= 11 is 1.99. The third-order valence-electron chi connectivity index (χ3n) is 4.85. The van der Waals surface area contributed by atoms with Crippen LogP contribution in [-0.4, -0.2) is 46.9 Å². The van der Waals surface area contributed by atoms with Crippen molar-refractivity contribution in [3.05, 3.63) is 38.7 Å². The summed E-state index contributed by atoms with van der Waals surface area (Å²) in [5, 5.41) is 6.84. The summed E-state index contributed by atoms with van der Waals surface area (Å²) in [6, 6.07) is 1.38. The molecule has 1 saturated heterocycles. The Morgan fingerprint density at radius 2 is 2.03 bits per heavy atom. The number of benzene rings is 1. The van der Waals surface area contributed by atoms with Crippen LogP contribution >= 0.6 is 22.6 Å². The first-order valence-corrected chi connectivity index (χ1v) is 10.3. The second-order valence-corrected chi connectivity index (χ2v) is 8.06. The number of ether oxygens (including phenoxy) is 1. The van der Waals surface area contributed by atoms with Crippen LogP contribution < -0.4 is 5.32 Å². The summed E-state index contributed by atoms with van der Waals surface area (Å²) in [4.78, 5) is 14.1. The molecule has 0 spiro atoms. The number of alkyl halides is 3. The predicted molar refractivity (Wildman–Crippen MR) is 111 cm³/mol. The second-order valence-electron chi connectivity index (χ2n) is 6.81. The molecule has 2 aromatic rings. The maximum atomic E-state index is 14.1. The van der Waals surface area contributed by atoms with Crippen molar-refractivity contribution in [2.45, 2.75) is 33.0 Å². The Hall–Kier alpha value is -1.66. The lowest BCUT2D eigenvalue weighted by atomic mass is 9.96. The summed E-state index contributed by atoms with van der Waals surface area (Å²) in [6.45, 7) is 5.77. The van der Waals surface area contributed by atoms with E-state index >= 15 is 0 Å². The Morgan fingerprint density at radius 3 is 2.59 bits per heavy atom. The average Bonchev–Trinajstić information content (AvgIpc) is 3.10. The van der Waals surface area contributed by atoms with Gasteiger partial charge in [-0.1, -0.05) is 6.92 Å². The first kappa shape index (κ1) is 22.0. The molecule has 0 unspecified atom stereocenters. The van der Waals surface area contributed by atoms with E-state index in [-0.39, 0.29) is 23.6 Å². The van der Waals surface area contributed by atoms with Crippen molar-refractivity contribution >= 4 is 34.2 Å². The third kappa shape index (κ3) is 5.10. The highest BCUT2D eigenvalue weighted by molar-refractivity contribution is 14.1. The second kappa shape index (κ2) is 9.00. The Balaban J connectivity index is 2.17. The first-order valence-electron chi connectivity index (χ1n) is 9.25. The van der Waals surface area contributed by atoms with Crippen LogP contribution in [-0.2, 0) is 22.3 Å². The highest BCUT2D eigenvalue weighted by atomic mass is 127. The SMILES string of the molecule is CCC(=O)Nc1cc(-n2cc(I)cn2)c(C(F)(F)F)c(C)c1CN1CCOCC1. The number of morpholine rings is 1. The van der Waals surface area contributed by atoms with Gasteiger partial charge in [-0.25, -0.2) is 4.68 Å². The molecule has 158 valence electrons. The van der Waals surface area contributed by atoms with Crippen LogP contribution in [0.4, 0.5) is 18.9 Å². The van der Waals surface area contributed by atoms with Gasteiger partial charge in [0.2, 0.25) is 5.91 Å². The molecule has 1 amide bonds. The zero-order chi connectivity index (χ0) is 21.2. The molecule has 0 radical (unpaired) electrons. The maximum absolute atomic E-state index is 14.1. The van der Waals surface area contributed by atoms with Gasteiger partial charge in [0.25, 0.3) is 0 Å². The van der Waals surface area contributed by atoms with Gasteiger partial charge in [-0.3, -0.25) is 9.69 Å². The lowest BCUT2D eigenvalue weighted by Gasteiger charge is -2.29. The van der Waals surface area contributed by atoms with E-state index < -0.39 is 11.7 Å². The molecule has 1 aliphatic rings. The summed E-state index contributed by atoms with van der Waals surface area (Å²) < 4.78 is 49.4. The maximum Gasteiger partial charge on any atom is 0.418 e. The zero-order valence-electron chi connectivity index (χ0n) is 16.1. The smallest absolute Gasteiger partial charge is 0.379 e. The molecule has 6 nitrogen and oxygen atoms in total. The van der Waals surface area contributed by atoms with Crippen LogP contribution in [0.5, 0.6) is 0 Å². The van der Waals surface area contributed by atoms with Crippen molar-refractivity contribution in [3.63, 3.8) is 0 Å². The molecule has 0 aliphatic carbocycles. The molecule has 0 atom stereocenters. The molecule has 1 aromatic carbocycles. The normalized spacial score (nSPS) is 15.5. The highest BCUT2D eigenvalue weighted by Gasteiger charge is 2.38. The van der Waals surface area contributed by atoms with Crippen LogP contribution in [0.15, 0.2) is 18.5 Å². The molecule has 2 heterocycles. The quantitative estimate of drug-likeness (QED) is 0.604. The van der Waals surface area contributed by atoms with Crippen LogP contribution in [0, 0.1) is 10.5 Å². The molecule has 1 aliphatic heterocycles. The number of nitrogens with one attached hydrogen (secondary N) is 1. The number of aromatic nitrogens is 2. The molecule has 0 bridgehead atoms. The van der Waals surface area contributed by atoms with Crippen LogP contribution in [0.1, 0.15) is 30.0 Å². The number of hydrogen-bond donors (Lipinski definition) is 1. The van der Waals surface area contributed by atoms with E-state index in [1.807, 2.05) is 27.5 Å². The number of rotatable bonds is 5. The number of carbonyl (C=O) groups is 1. The lowest BCUT2D eigenvalue weighted by Crippen LogP contribution is -2.36. The predicted octanol–water partition coefficient (Wildman–Crippen LogP) is 3.98. The standard InChI is InChI=1S/C19H22F3IN4O2/c1-3-17(28)25-15-8-16(27-10-13(23)9-24-27)18(19(20,21)22)12(2)14(15)11-26-4-6-29-7-5-26/h8-10H,3-7,11H2,1-2H3,(H,25,28). The van der Waals surface area contributed by atoms with Crippen LogP contribution in [0.3, 0.4) is 0 Å². The fourth-order valence-electron chi connectivity index (χ4n) is 3.35. The summed E-state index contributed by atoms with van der Waals surface area (Å²) in [5.41, 5.74) is 0.101. The van der Waals surface area contributed by atoms with E-state index in [0.717, 1.165) is 0 Å². The highest BCUT2D eigenvalue weighted by Crippen LogP contribution is 2.41. The Bertz CT molecular complexity index is 892. The van der Waals surface area contributed by atoms with Gasteiger partial charge in [0.1, 0.15) is 0 Å². The Morgan fingerprint density at radius 1 is 1.34 bits per heavy atom. The van der Waals surface area contributed by atoms with Gasteiger partial charge in [0.15, 0.2) is 0 Å². The molecule has 1 aromatic heterocycles. The van der Waals surface area contributed by atoms with Crippen molar-refractivity contribution < 1.29 is 22.7 Å². The van der Waals surface area contributed by atoms with Gasteiger partial charge in [-0.05, 0) is 46.7 Å². The number of carbonyl (C=O) groups excluding carboxylic acids is 1. The van der Waals surface area contributed by atoms with E-state index in [2.05, 4.69) is 10.4 Å². The van der Waals surface area contributed by atoms with Crippen molar-refractivity contribution in [1.82, 2.24) is 14.7 Å². The van der Waals surface area contributed by atoms with Gasteiger partial charge in [-0.2, -0.15) is 18.3 Å². The third-order valence-corrected chi connectivity index (χ3v) is 5.41. The van der Waals surface area contributed by atoms with Gasteiger partial charge < -0.3 is 10.1 Å². The monoisotopic (exact) mass is 522 g/mol. The summed E-state index contributed by atoms with van der Waals surface area (Å²) in [7, 11) is 0. The van der Waals surface area contributed by atoms with Gasteiger partial charge in [0, 0.05) is 37.9 Å². The van der Waals surface area contributed by atoms with Gasteiger partial charge in [0.05, 0.1) is 34.2 Å². The van der Waals surface area contributed by atoms with E-state index in [0.29, 0.717) is 47.7 Å². The van der Waals surface area contributed by atoms with E-state index in [1.54, 1.807) is 6.92 Å². The molecule has 1 fully saturated rings. The Kier molecular flexibility index (Phi) is 6.84. The first-order chi connectivity index (χ1) is 13.7. The van der Waals surface area contributed by atoms with Crippen LogP contribution in [0.2, 0.25) is 0 Å². The fourth-order valence-corrected chi connectivity index (χ4v) is 3.74. The summed E-state index contributed by atoms with van der Waals surface area (Å²) in [6.07, 6.45) is -1.32. The minimum atomic E-state index is -4.57. The molecular formula is C19H22F3IN4O2. The molecule has 10 heteroatoms. The topological polar surface area (TPSA) is 59.4 Å². The van der Waals surface area contributed by atoms with Gasteiger partial charge in [-0.15, -0.1) is 0 Å². The largest absolute Gasteiger partial charge is 0.418 e. The van der Waals surface area contributed by atoms with Crippen LogP contribution in [0.25, 0.3) is 5.69 Å². The number of hydrogen-bond acceptors (Lipinski definition) is 4. The van der Waals surface area contributed by atoms with E-state index in [4.69, 9.17) is 4.74 Å². The van der Waals surface area contributed by atoms with E-state index in [1.165, 1.54) is 30.1 Å². The fraction of sp³-hybridized carbons (Fsp3) is 0.474. The lowest BCUT2D eigenvalue weighted by molar-refractivity contribution is -0.138. The van der Waals surface area contributed by atoms with Crippen molar-refractivity contribution in [3.8, 4) is 5.69 Å². The van der Waals surface area contributed by atoms with Crippen molar-refractivity contribution in [2.75, 3.05) is 31.6 Å². The average molecular weight is 522 g/mol. The van der Waals surface area contributed by atoms with Crippen molar-refractivity contribution in [2.24, 2.45) is 0 Å². The number of amides is 1. The molecule has 3 rings (SSSR count).